The van der Waals surface area contributed by atoms with Crippen LogP contribution in [0.2, 0.25) is 5.02 Å². The average molecular weight is 376 g/mol. The Balaban J connectivity index is 1.90. The number of nitrogens with zero attached hydrogens (tertiary/aromatic N) is 1. The van der Waals surface area contributed by atoms with Gasteiger partial charge in [-0.25, -0.2) is 0 Å². The molecule has 2 aromatic carbocycles. The predicted molar refractivity (Wildman–Crippen MR) is 105 cm³/mol. The summed E-state index contributed by atoms with van der Waals surface area (Å²) >= 11 is 12.7. The van der Waals surface area contributed by atoms with Gasteiger partial charge in [0.2, 0.25) is 0 Å². The quantitative estimate of drug-likeness (QED) is 0.546. The van der Waals surface area contributed by atoms with Gasteiger partial charge in [-0.2, -0.15) is 0 Å². The van der Waals surface area contributed by atoms with E-state index in [9.17, 15) is 4.79 Å². The molecule has 1 saturated heterocycles. The second kappa shape index (κ2) is 7.38. The Bertz CT molecular complexity index is 835. The first-order valence-corrected chi connectivity index (χ1v) is 8.95. The first-order chi connectivity index (χ1) is 11.6. The van der Waals surface area contributed by atoms with Crippen molar-refractivity contribution in [2.45, 2.75) is 6.92 Å². The highest BCUT2D eigenvalue weighted by atomic mass is 35.5. The van der Waals surface area contributed by atoms with Crippen molar-refractivity contribution in [2.24, 2.45) is 0 Å². The average Bonchev–Trinajstić information content (AvgIpc) is 2.82. The third-order valence-corrected chi connectivity index (χ3v) is 4.86. The largest absolute Gasteiger partial charge is 0.494 e. The molecule has 0 bridgehead atoms. The van der Waals surface area contributed by atoms with E-state index in [0.29, 0.717) is 26.5 Å². The Hall–Kier alpha value is -1.82. The van der Waals surface area contributed by atoms with Crippen molar-refractivity contribution in [3.8, 4) is 5.75 Å². The number of amides is 1. The van der Waals surface area contributed by atoms with Gasteiger partial charge in [0.25, 0.3) is 5.91 Å². The summed E-state index contributed by atoms with van der Waals surface area (Å²) in [4.78, 5) is 14.8. The molecule has 0 saturated carbocycles. The number of hydrogen-bond acceptors (Lipinski definition) is 4. The van der Waals surface area contributed by atoms with E-state index in [1.54, 1.807) is 18.2 Å². The summed E-state index contributed by atoms with van der Waals surface area (Å²) in [6.45, 7) is 2.53. The van der Waals surface area contributed by atoms with Gasteiger partial charge < -0.3 is 4.74 Å². The van der Waals surface area contributed by atoms with Crippen LogP contribution >= 0.6 is 35.6 Å². The normalized spacial score (nSPS) is 16.1. The zero-order valence-electron chi connectivity index (χ0n) is 12.9. The van der Waals surface area contributed by atoms with Gasteiger partial charge in [-0.05, 0) is 48.9 Å². The van der Waals surface area contributed by atoms with Crippen LogP contribution in [0.25, 0.3) is 6.08 Å². The molecule has 122 valence electrons. The molecule has 0 N–H and O–H groups in total. The summed E-state index contributed by atoms with van der Waals surface area (Å²) in [6, 6.07) is 14.7. The van der Waals surface area contributed by atoms with E-state index in [-0.39, 0.29) is 5.91 Å². The molecule has 1 aliphatic heterocycles. The van der Waals surface area contributed by atoms with Gasteiger partial charge in [0.1, 0.15) is 5.75 Å². The zero-order chi connectivity index (χ0) is 17.1. The van der Waals surface area contributed by atoms with E-state index in [1.165, 1.54) is 16.7 Å². The third kappa shape index (κ3) is 3.64. The highest BCUT2D eigenvalue weighted by Crippen LogP contribution is 2.36. The van der Waals surface area contributed by atoms with E-state index in [4.69, 9.17) is 28.6 Å². The van der Waals surface area contributed by atoms with Crippen molar-refractivity contribution >= 4 is 57.6 Å². The number of hydrogen-bond donors (Lipinski definition) is 0. The second-order valence-electron chi connectivity index (χ2n) is 5.00. The lowest BCUT2D eigenvalue weighted by atomic mass is 10.2. The smallest absolute Gasteiger partial charge is 0.270 e. The van der Waals surface area contributed by atoms with Crippen molar-refractivity contribution in [3.63, 3.8) is 0 Å². The number of carbonyl (C=O) groups excluding carboxylic acids is 1. The fourth-order valence-electron chi connectivity index (χ4n) is 2.32. The van der Waals surface area contributed by atoms with Crippen LogP contribution in [0.3, 0.4) is 0 Å². The van der Waals surface area contributed by atoms with E-state index < -0.39 is 0 Å². The van der Waals surface area contributed by atoms with Crippen molar-refractivity contribution in [1.29, 1.82) is 0 Å². The van der Waals surface area contributed by atoms with Crippen molar-refractivity contribution < 1.29 is 9.53 Å². The molecule has 24 heavy (non-hydrogen) atoms. The fourth-order valence-corrected chi connectivity index (χ4v) is 3.80. The highest BCUT2D eigenvalue weighted by molar-refractivity contribution is 8.27. The predicted octanol–water partition coefficient (Wildman–Crippen LogP) is 5.14. The molecule has 0 aromatic heterocycles. The van der Waals surface area contributed by atoms with Gasteiger partial charge in [-0.1, -0.05) is 53.8 Å². The molecule has 1 fully saturated rings. The van der Waals surface area contributed by atoms with Gasteiger partial charge in [-0.3, -0.25) is 9.69 Å². The lowest BCUT2D eigenvalue weighted by Gasteiger charge is -2.14. The summed E-state index contributed by atoms with van der Waals surface area (Å²) in [5, 5.41) is 0.565. The maximum absolute atomic E-state index is 12.7. The molecule has 2 aromatic rings. The summed E-state index contributed by atoms with van der Waals surface area (Å²) in [6.07, 6.45) is 1.83. The van der Waals surface area contributed by atoms with Gasteiger partial charge in [0.05, 0.1) is 17.2 Å². The number of carbonyl (C=O) groups is 1. The standard InChI is InChI=1S/C18H14ClNO2S2/c1-2-22-15-8-3-5-12(9-15)10-16-17(21)20(18(23)24-16)14-7-4-6-13(19)11-14/h3-11H,2H2,1H3/b16-10+. The van der Waals surface area contributed by atoms with Crippen LogP contribution in [0.15, 0.2) is 53.4 Å². The van der Waals surface area contributed by atoms with Crippen LogP contribution in [-0.2, 0) is 4.79 Å². The van der Waals surface area contributed by atoms with Crippen LogP contribution in [0.1, 0.15) is 12.5 Å². The van der Waals surface area contributed by atoms with E-state index in [0.717, 1.165) is 11.3 Å². The van der Waals surface area contributed by atoms with Gasteiger partial charge >= 0.3 is 0 Å². The lowest BCUT2D eigenvalue weighted by molar-refractivity contribution is -0.113. The molecule has 3 nitrogen and oxygen atoms in total. The minimum absolute atomic E-state index is 0.144. The molecule has 1 heterocycles. The summed E-state index contributed by atoms with van der Waals surface area (Å²) in [5.74, 6) is 0.630. The maximum atomic E-state index is 12.7. The number of anilines is 1. The molecule has 0 aliphatic carbocycles. The number of thiocarbonyl (C=S) groups is 1. The molecular formula is C18H14ClNO2S2. The van der Waals surface area contributed by atoms with Crippen LogP contribution in [0, 0.1) is 0 Å². The molecule has 0 radical (unpaired) electrons. The van der Waals surface area contributed by atoms with Gasteiger partial charge in [0.15, 0.2) is 4.32 Å². The molecule has 1 amide bonds. The SMILES string of the molecule is CCOc1cccc(/C=C2/SC(=S)N(c3cccc(Cl)c3)C2=O)c1. The Kier molecular flexibility index (Phi) is 5.23. The molecule has 0 unspecified atom stereocenters. The maximum Gasteiger partial charge on any atom is 0.270 e. The Morgan fingerprint density at radius 1 is 1.25 bits per heavy atom. The zero-order valence-corrected chi connectivity index (χ0v) is 15.3. The van der Waals surface area contributed by atoms with E-state index in [2.05, 4.69) is 0 Å². The first kappa shape index (κ1) is 17.0. The molecule has 3 rings (SSSR count). The first-order valence-electron chi connectivity index (χ1n) is 7.35. The third-order valence-electron chi connectivity index (χ3n) is 3.33. The number of rotatable bonds is 4. The Labute approximate surface area is 155 Å². The second-order valence-corrected chi connectivity index (χ2v) is 7.11. The van der Waals surface area contributed by atoms with Crippen LogP contribution in [0.5, 0.6) is 5.75 Å². The summed E-state index contributed by atoms with van der Waals surface area (Å²) in [7, 11) is 0. The topological polar surface area (TPSA) is 29.5 Å². The van der Waals surface area contributed by atoms with E-state index >= 15 is 0 Å². The van der Waals surface area contributed by atoms with Crippen molar-refractivity contribution in [3.05, 3.63) is 64.0 Å². The van der Waals surface area contributed by atoms with Crippen LogP contribution in [-0.4, -0.2) is 16.8 Å². The number of benzene rings is 2. The molecule has 0 spiro atoms. The Morgan fingerprint density at radius 2 is 2.04 bits per heavy atom. The highest BCUT2D eigenvalue weighted by Gasteiger charge is 2.33. The van der Waals surface area contributed by atoms with Crippen molar-refractivity contribution in [2.75, 3.05) is 11.5 Å². The number of halogens is 1. The minimum atomic E-state index is -0.144. The molecule has 6 heteroatoms. The summed E-state index contributed by atoms with van der Waals surface area (Å²) < 4.78 is 5.99. The van der Waals surface area contributed by atoms with Crippen molar-refractivity contribution in [1.82, 2.24) is 0 Å². The molecule has 1 aliphatic rings. The number of thioether (sulfide) groups is 1. The monoisotopic (exact) mass is 375 g/mol. The Morgan fingerprint density at radius 3 is 2.79 bits per heavy atom. The molecule has 0 atom stereocenters. The lowest BCUT2D eigenvalue weighted by Crippen LogP contribution is -2.27. The van der Waals surface area contributed by atoms with Crippen LogP contribution < -0.4 is 9.64 Å². The fraction of sp³-hybridized carbons (Fsp3) is 0.111. The number of ether oxygens (including phenoxy) is 1. The minimum Gasteiger partial charge on any atom is -0.494 e. The molecular weight excluding hydrogens is 362 g/mol. The van der Waals surface area contributed by atoms with E-state index in [1.807, 2.05) is 43.3 Å². The summed E-state index contributed by atoms with van der Waals surface area (Å²) in [5.41, 5.74) is 1.57. The van der Waals surface area contributed by atoms with Gasteiger partial charge in [-0.15, -0.1) is 0 Å². The van der Waals surface area contributed by atoms with Gasteiger partial charge in [0, 0.05) is 5.02 Å². The van der Waals surface area contributed by atoms with Crippen LogP contribution in [0.4, 0.5) is 5.69 Å².